The monoisotopic (exact) mass is 193 g/mol. The Balaban J connectivity index is 2.73. The Morgan fingerprint density at radius 1 is 1.21 bits per heavy atom. The molecule has 0 aliphatic rings. The summed E-state index contributed by atoms with van der Waals surface area (Å²) in [6.45, 7) is 0. The standard InChI is InChI=1S/C10H13N2O2/c1-11(2)10-5-3-9(4-6-10)7-8-12(13)14/h3-8,13H,1-2H3/q-1. The highest BCUT2D eigenvalue weighted by atomic mass is 16.8. The van der Waals surface area contributed by atoms with Crippen LogP contribution in [0.25, 0.3) is 6.08 Å². The highest BCUT2D eigenvalue weighted by Gasteiger charge is 1.92. The molecule has 1 N–H and O–H groups in total. The van der Waals surface area contributed by atoms with Crippen LogP contribution >= 0.6 is 0 Å². The van der Waals surface area contributed by atoms with Gasteiger partial charge in [0.1, 0.15) is 0 Å². The molecule has 0 saturated carbocycles. The van der Waals surface area contributed by atoms with Crippen LogP contribution in [0.4, 0.5) is 5.69 Å². The Bertz CT molecular complexity index is 304. The number of hydrogen-bond donors (Lipinski definition) is 1. The van der Waals surface area contributed by atoms with Gasteiger partial charge in [-0.3, -0.25) is 5.21 Å². The SMILES string of the molecule is CN(C)c1ccc(C=CN([O-])O)cc1. The van der Waals surface area contributed by atoms with E-state index < -0.39 is 0 Å². The summed E-state index contributed by atoms with van der Waals surface area (Å²) in [6, 6.07) is 7.61. The van der Waals surface area contributed by atoms with E-state index in [1.54, 1.807) is 0 Å². The largest absolute Gasteiger partial charge is 0.734 e. The number of anilines is 1. The smallest absolute Gasteiger partial charge is 0.0361 e. The number of hydrogen-bond acceptors (Lipinski definition) is 4. The van der Waals surface area contributed by atoms with Crippen LogP contribution in [0.2, 0.25) is 0 Å². The maximum absolute atomic E-state index is 10.2. The zero-order chi connectivity index (χ0) is 10.6. The van der Waals surface area contributed by atoms with Crippen molar-refractivity contribution in [2.45, 2.75) is 0 Å². The molecule has 0 aliphatic heterocycles. The third-order valence-electron chi connectivity index (χ3n) is 1.80. The molecule has 4 heteroatoms. The fourth-order valence-corrected chi connectivity index (χ4v) is 1.03. The van der Waals surface area contributed by atoms with Crippen molar-refractivity contribution in [2.75, 3.05) is 19.0 Å². The Hall–Kier alpha value is -1.52. The molecule has 0 fully saturated rings. The molecule has 0 atom stereocenters. The van der Waals surface area contributed by atoms with Crippen LogP contribution in [0.3, 0.4) is 0 Å². The lowest BCUT2D eigenvalue weighted by Crippen LogP contribution is -2.07. The maximum atomic E-state index is 10.2. The topological polar surface area (TPSA) is 49.8 Å². The van der Waals surface area contributed by atoms with E-state index in [4.69, 9.17) is 5.21 Å². The van der Waals surface area contributed by atoms with Crippen molar-refractivity contribution in [3.05, 3.63) is 41.2 Å². The summed E-state index contributed by atoms with van der Waals surface area (Å²) >= 11 is 0. The van der Waals surface area contributed by atoms with E-state index in [1.807, 2.05) is 43.3 Å². The molecule has 0 amide bonds. The molecule has 14 heavy (non-hydrogen) atoms. The molecule has 0 bridgehead atoms. The highest BCUT2D eigenvalue weighted by molar-refractivity contribution is 5.55. The van der Waals surface area contributed by atoms with E-state index in [0.717, 1.165) is 17.5 Å². The Morgan fingerprint density at radius 2 is 1.79 bits per heavy atom. The number of nitrogens with zero attached hydrogens (tertiary/aromatic N) is 2. The first-order valence-corrected chi connectivity index (χ1v) is 4.20. The van der Waals surface area contributed by atoms with E-state index in [0.29, 0.717) is 0 Å². The average Bonchev–Trinajstić information content (AvgIpc) is 2.15. The van der Waals surface area contributed by atoms with Crippen molar-refractivity contribution in [3.63, 3.8) is 0 Å². The molecule has 0 spiro atoms. The van der Waals surface area contributed by atoms with Crippen LogP contribution in [0.5, 0.6) is 0 Å². The first-order valence-electron chi connectivity index (χ1n) is 4.20. The normalized spacial score (nSPS) is 10.6. The molecular formula is C10H13N2O2-. The van der Waals surface area contributed by atoms with Crippen molar-refractivity contribution >= 4 is 11.8 Å². The highest BCUT2D eigenvalue weighted by Crippen LogP contribution is 2.13. The van der Waals surface area contributed by atoms with Gasteiger partial charge in [-0.15, -0.1) is 0 Å². The number of benzene rings is 1. The van der Waals surface area contributed by atoms with Crippen LogP contribution in [-0.2, 0) is 0 Å². The summed E-state index contributed by atoms with van der Waals surface area (Å²) in [5.74, 6) is 0. The summed E-state index contributed by atoms with van der Waals surface area (Å²) in [7, 11) is 3.91. The Labute approximate surface area is 83.2 Å². The Kier molecular flexibility index (Phi) is 3.50. The van der Waals surface area contributed by atoms with Gasteiger partial charge in [0.2, 0.25) is 0 Å². The molecule has 0 aromatic heterocycles. The lowest BCUT2D eigenvalue weighted by atomic mass is 10.2. The fourth-order valence-electron chi connectivity index (χ4n) is 1.03. The second-order valence-electron chi connectivity index (χ2n) is 3.10. The molecular weight excluding hydrogens is 180 g/mol. The third-order valence-corrected chi connectivity index (χ3v) is 1.80. The van der Waals surface area contributed by atoms with Crippen LogP contribution in [0.15, 0.2) is 30.5 Å². The Morgan fingerprint density at radius 3 is 2.21 bits per heavy atom. The predicted octanol–water partition coefficient (Wildman–Crippen LogP) is 1.91. The van der Waals surface area contributed by atoms with E-state index in [9.17, 15) is 5.21 Å². The molecule has 1 aromatic rings. The van der Waals surface area contributed by atoms with E-state index in [2.05, 4.69) is 0 Å². The summed E-state index contributed by atoms with van der Waals surface area (Å²) in [5.41, 5.74) is 1.95. The van der Waals surface area contributed by atoms with Gasteiger partial charge in [-0.2, -0.15) is 0 Å². The molecule has 1 aromatic carbocycles. The first kappa shape index (κ1) is 10.6. The summed E-state index contributed by atoms with van der Waals surface area (Å²) in [6.07, 6.45) is 2.58. The average molecular weight is 193 g/mol. The van der Waals surface area contributed by atoms with Gasteiger partial charge in [0.25, 0.3) is 0 Å². The zero-order valence-corrected chi connectivity index (χ0v) is 8.21. The molecule has 4 nitrogen and oxygen atoms in total. The van der Waals surface area contributed by atoms with Crippen LogP contribution in [0, 0.1) is 5.21 Å². The maximum Gasteiger partial charge on any atom is 0.0361 e. The lowest BCUT2D eigenvalue weighted by Gasteiger charge is -2.15. The minimum absolute atomic E-state index is 0.222. The summed E-state index contributed by atoms with van der Waals surface area (Å²) in [5, 5.41) is 18.3. The summed E-state index contributed by atoms with van der Waals surface area (Å²) in [4.78, 5) is 1.99. The zero-order valence-electron chi connectivity index (χ0n) is 8.21. The molecule has 76 valence electrons. The molecule has 1 rings (SSSR count). The molecule has 0 heterocycles. The summed E-state index contributed by atoms with van der Waals surface area (Å²) < 4.78 is 0. The number of rotatable bonds is 3. The molecule has 0 unspecified atom stereocenters. The van der Waals surface area contributed by atoms with Gasteiger partial charge in [0.05, 0.1) is 0 Å². The van der Waals surface area contributed by atoms with Crippen molar-refractivity contribution in [1.82, 2.24) is 5.23 Å². The van der Waals surface area contributed by atoms with Crippen LogP contribution in [0.1, 0.15) is 5.56 Å². The van der Waals surface area contributed by atoms with Crippen LogP contribution < -0.4 is 4.90 Å². The second kappa shape index (κ2) is 4.64. The second-order valence-corrected chi connectivity index (χ2v) is 3.10. The van der Waals surface area contributed by atoms with Gasteiger partial charge < -0.3 is 15.3 Å². The van der Waals surface area contributed by atoms with Gasteiger partial charge in [0, 0.05) is 26.0 Å². The van der Waals surface area contributed by atoms with Gasteiger partial charge in [-0.05, 0) is 23.8 Å². The van der Waals surface area contributed by atoms with Crippen molar-refractivity contribution in [1.29, 1.82) is 0 Å². The minimum Gasteiger partial charge on any atom is -0.734 e. The molecule has 0 saturated heterocycles. The van der Waals surface area contributed by atoms with Crippen molar-refractivity contribution in [3.8, 4) is 0 Å². The lowest BCUT2D eigenvalue weighted by molar-refractivity contribution is 0.0129. The van der Waals surface area contributed by atoms with Gasteiger partial charge in [-0.25, -0.2) is 0 Å². The number of hydroxylamine groups is 2. The molecule has 0 radical (unpaired) electrons. The van der Waals surface area contributed by atoms with E-state index in [-0.39, 0.29) is 5.23 Å². The van der Waals surface area contributed by atoms with Gasteiger partial charge in [-0.1, -0.05) is 12.1 Å². The minimum atomic E-state index is -0.222. The third kappa shape index (κ3) is 3.08. The quantitative estimate of drug-likeness (QED) is 0.745. The molecule has 0 aliphatic carbocycles. The van der Waals surface area contributed by atoms with Crippen LogP contribution in [-0.4, -0.2) is 24.5 Å². The first-order chi connectivity index (χ1) is 6.59. The van der Waals surface area contributed by atoms with Gasteiger partial charge in [0.15, 0.2) is 0 Å². The predicted molar refractivity (Wildman–Crippen MR) is 56.8 cm³/mol. The van der Waals surface area contributed by atoms with E-state index in [1.165, 1.54) is 6.08 Å². The van der Waals surface area contributed by atoms with Gasteiger partial charge >= 0.3 is 0 Å². The van der Waals surface area contributed by atoms with Crippen molar-refractivity contribution in [2.24, 2.45) is 0 Å². The fraction of sp³-hybridized carbons (Fsp3) is 0.200. The van der Waals surface area contributed by atoms with E-state index >= 15 is 0 Å². The van der Waals surface area contributed by atoms with Crippen molar-refractivity contribution < 1.29 is 5.21 Å².